The van der Waals surface area contributed by atoms with Crippen LogP contribution in [0.5, 0.6) is 5.75 Å². The van der Waals surface area contributed by atoms with E-state index in [0.29, 0.717) is 28.5 Å². The van der Waals surface area contributed by atoms with E-state index in [1.807, 2.05) is 68.4 Å². The number of nitrogens with zero attached hydrogens (tertiary/aromatic N) is 2. The van der Waals surface area contributed by atoms with E-state index in [2.05, 4.69) is 10.3 Å². The lowest BCUT2D eigenvalue weighted by atomic mass is 10.2. The molecule has 7 heteroatoms. The number of pyridine rings is 1. The number of aromatic nitrogens is 2. The molecule has 0 saturated heterocycles. The van der Waals surface area contributed by atoms with Gasteiger partial charge in [-0.25, -0.2) is 4.98 Å². The van der Waals surface area contributed by atoms with Crippen molar-refractivity contribution in [1.82, 2.24) is 9.38 Å². The minimum atomic E-state index is -0.147. The van der Waals surface area contributed by atoms with Crippen molar-refractivity contribution in [2.24, 2.45) is 0 Å². The van der Waals surface area contributed by atoms with Crippen LogP contribution in [0.4, 0.5) is 5.69 Å². The van der Waals surface area contributed by atoms with Gasteiger partial charge in [0, 0.05) is 28.9 Å². The van der Waals surface area contributed by atoms with Gasteiger partial charge < -0.3 is 10.1 Å². The van der Waals surface area contributed by atoms with Gasteiger partial charge in [-0.05, 0) is 49.2 Å². The van der Waals surface area contributed by atoms with Gasteiger partial charge in [0.2, 0.25) is 5.91 Å². The highest BCUT2D eigenvalue weighted by molar-refractivity contribution is 8.00. The van der Waals surface area contributed by atoms with Crippen LogP contribution in [-0.4, -0.2) is 21.0 Å². The Balaban J connectivity index is 1.43. The molecule has 0 radical (unpaired) electrons. The van der Waals surface area contributed by atoms with Crippen molar-refractivity contribution in [3.8, 4) is 5.75 Å². The lowest BCUT2D eigenvalue weighted by Gasteiger charge is -2.12. The zero-order valence-corrected chi connectivity index (χ0v) is 18.7. The number of ether oxygens (including phenoxy) is 1. The summed E-state index contributed by atoms with van der Waals surface area (Å²) in [6, 6.07) is 20.5. The molecule has 2 heterocycles. The molecule has 0 bridgehead atoms. The molecule has 4 aromatic rings. The minimum absolute atomic E-state index is 0.0895. The smallest absolute Gasteiger partial charge is 0.258 e. The molecule has 4 rings (SSSR count). The number of nitrogens with one attached hydrogen (secondary N) is 1. The van der Waals surface area contributed by atoms with Gasteiger partial charge in [0.05, 0.1) is 11.4 Å². The maximum atomic E-state index is 12.4. The fourth-order valence-corrected chi connectivity index (χ4v) is 3.95. The highest BCUT2D eigenvalue weighted by atomic mass is 32.2. The number of aryl methyl sites for hydroxylation is 2. The van der Waals surface area contributed by atoms with Gasteiger partial charge in [-0.1, -0.05) is 30.3 Å². The van der Waals surface area contributed by atoms with E-state index in [0.717, 1.165) is 16.0 Å². The van der Waals surface area contributed by atoms with Crippen molar-refractivity contribution in [2.45, 2.75) is 25.3 Å². The Labute approximate surface area is 190 Å². The minimum Gasteiger partial charge on any atom is -0.487 e. The molecule has 0 spiro atoms. The molecule has 0 fully saturated rings. The number of carbonyl (C=O) groups is 1. The average Bonchev–Trinajstić information content (AvgIpc) is 2.79. The zero-order valence-electron chi connectivity index (χ0n) is 17.9. The Bertz CT molecular complexity index is 1320. The van der Waals surface area contributed by atoms with Crippen LogP contribution < -0.4 is 15.6 Å². The lowest BCUT2D eigenvalue weighted by Crippen LogP contribution is -2.17. The van der Waals surface area contributed by atoms with Crippen LogP contribution in [0, 0.1) is 13.8 Å². The Morgan fingerprint density at radius 3 is 2.66 bits per heavy atom. The number of anilines is 1. The van der Waals surface area contributed by atoms with Gasteiger partial charge in [-0.3, -0.25) is 14.0 Å². The van der Waals surface area contributed by atoms with E-state index in [9.17, 15) is 9.59 Å². The molecular formula is C25H23N3O3S. The molecule has 2 aromatic carbocycles. The lowest BCUT2D eigenvalue weighted by molar-refractivity contribution is -0.113. The highest BCUT2D eigenvalue weighted by Crippen LogP contribution is 2.24. The maximum Gasteiger partial charge on any atom is 0.258 e. The summed E-state index contributed by atoms with van der Waals surface area (Å²) in [6.45, 7) is 4.00. The summed E-state index contributed by atoms with van der Waals surface area (Å²) in [7, 11) is 0. The molecular weight excluding hydrogens is 422 g/mol. The number of hydrogen-bond acceptors (Lipinski definition) is 5. The Morgan fingerprint density at radius 1 is 1.03 bits per heavy atom. The molecule has 6 nitrogen and oxygen atoms in total. The number of amides is 1. The first-order valence-electron chi connectivity index (χ1n) is 10.2. The highest BCUT2D eigenvalue weighted by Gasteiger charge is 2.09. The van der Waals surface area contributed by atoms with Gasteiger partial charge >= 0.3 is 0 Å². The van der Waals surface area contributed by atoms with Gasteiger partial charge in [-0.15, -0.1) is 11.8 Å². The van der Waals surface area contributed by atoms with E-state index >= 15 is 0 Å². The molecule has 0 aliphatic rings. The summed E-state index contributed by atoms with van der Waals surface area (Å²) < 4.78 is 7.47. The zero-order chi connectivity index (χ0) is 22.5. The Hall–Kier alpha value is -3.58. The second kappa shape index (κ2) is 9.70. The van der Waals surface area contributed by atoms with Crippen LogP contribution >= 0.6 is 11.8 Å². The average molecular weight is 446 g/mol. The van der Waals surface area contributed by atoms with E-state index in [1.165, 1.54) is 22.2 Å². The van der Waals surface area contributed by atoms with Crippen LogP contribution in [0.1, 0.15) is 16.8 Å². The van der Waals surface area contributed by atoms with Crippen molar-refractivity contribution >= 4 is 29.0 Å². The number of fused-ring (bicyclic) bond motifs is 1. The van der Waals surface area contributed by atoms with E-state index in [-0.39, 0.29) is 18.1 Å². The number of benzene rings is 2. The summed E-state index contributed by atoms with van der Waals surface area (Å²) in [5.74, 6) is 0.858. The standard InChI is InChI=1S/C25H23N3O3S/c1-17-10-11-19(26-23(29)16-32-21-8-4-3-5-9-21)13-22(17)31-15-20-14-24(30)28-12-6-7-18(2)25(28)27-20/h3-14H,15-16H2,1-2H3,(H,26,29). The van der Waals surface area contributed by atoms with Gasteiger partial charge in [0.15, 0.2) is 0 Å². The predicted octanol–water partition coefficient (Wildman–Crippen LogP) is 4.62. The third-order valence-electron chi connectivity index (χ3n) is 4.90. The van der Waals surface area contributed by atoms with Crippen LogP contribution in [0.2, 0.25) is 0 Å². The maximum absolute atomic E-state index is 12.4. The van der Waals surface area contributed by atoms with Crippen molar-refractivity contribution in [3.63, 3.8) is 0 Å². The van der Waals surface area contributed by atoms with Crippen LogP contribution in [0.3, 0.4) is 0 Å². The van der Waals surface area contributed by atoms with Crippen molar-refractivity contribution in [2.75, 3.05) is 11.1 Å². The first kappa shape index (κ1) is 21.6. The molecule has 0 atom stereocenters. The molecule has 1 amide bonds. The molecule has 32 heavy (non-hydrogen) atoms. The molecule has 0 aliphatic heterocycles. The summed E-state index contributed by atoms with van der Waals surface area (Å²) in [6.07, 6.45) is 1.70. The first-order valence-corrected chi connectivity index (χ1v) is 11.2. The second-order valence-electron chi connectivity index (χ2n) is 7.39. The monoisotopic (exact) mass is 445 g/mol. The fourth-order valence-electron chi connectivity index (χ4n) is 3.23. The largest absolute Gasteiger partial charge is 0.487 e. The van der Waals surface area contributed by atoms with Crippen molar-refractivity contribution < 1.29 is 9.53 Å². The van der Waals surface area contributed by atoms with Crippen molar-refractivity contribution in [1.29, 1.82) is 0 Å². The van der Waals surface area contributed by atoms with Crippen LogP contribution in [-0.2, 0) is 11.4 Å². The summed E-state index contributed by atoms with van der Waals surface area (Å²) in [5.41, 5.74) is 3.53. The summed E-state index contributed by atoms with van der Waals surface area (Å²) in [4.78, 5) is 30.3. The van der Waals surface area contributed by atoms with Gasteiger partial charge in [0.25, 0.3) is 5.56 Å². The normalized spacial score (nSPS) is 10.8. The van der Waals surface area contributed by atoms with Gasteiger partial charge in [0.1, 0.15) is 18.0 Å². The number of carbonyl (C=O) groups excluding carboxylic acids is 1. The third kappa shape index (κ3) is 5.18. The topological polar surface area (TPSA) is 72.7 Å². The van der Waals surface area contributed by atoms with E-state index in [4.69, 9.17) is 4.74 Å². The summed E-state index contributed by atoms with van der Waals surface area (Å²) in [5, 5.41) is 2.91. The molecule has 2 aromatic heterocycles. The third-order valence-corrected chi connectivity index (χ3v) is 5.91. The molecule has 0 unspecified atom stereocenters. The van der Waals surface area contributed by atoms with E-state index in [1.54, 1.807) is 12.3 Å². The SMILES string of the molecule is Cc1ccc(NC(=O)CSc2ccccc2)cc1OCc1cc(=O)n2cccc(C)c2n1. The Kier molecular flexibility index (Phi) is 6.56. The number of rotatable bonds is 7. The van der Waals surface area contributed by atoms with E-state index < -0.39 is 0 Å². The second-order valence-corrected chi connectivity index (χ2v) is 8.44. The Morgan fingerprint density at radius 2 is 1.84 bits per heavy atom. The first-order chi connectivity index (χ1) is 15.5. The van der Waals surface area contributed by atoms with Crippen molar-refractivity contribution in [3.05, 3.63) is 100 Å². The molecule has 162 valence electrons. The molecule has 0 aliphatic carbocycles. The summed E-state index contributed by atoms with van der Waals surface area (Å²) >= 11 is 1.48. The quantitative estimate of drug-likeness (QED) is 0.420. The number of hydrogen-bond donors (Lipinski definition) is 1. The molecule has 0 saturated carbocycles. The van der Waals surface area contributed by atoms with Gasteiger partial charge in [-0.2, -0.15) is 0 Å². The van der Waals surface area contributed by atoms with Crippen LogP contribution in [0.15, 0.2) is 82.6 Å². The predicted molar refractivity (Wildman–Crippen MR) is 128 cm³/mol. The van der Waals surface area contributed by atoms with Crippen LogP contribution in [0.25, 0.3) is 5.65 Å². The fraction of sp³-hybridized carbons (Fsp3) is 0.160. The number of thioether (sulfide) groups is 1. The molecule has 1 N–H and O–H groups in total.